The number of hydrogen-bond acceptors (Lipinski definition) is 4. The lowest BCUT2D eigenvalue weighted by Crippen LogP contribution is -2.40. The molecular formula is C15H26N4. The molecule has 0 saturated carbocycles. The van der Waals surface area contributed by atoms with Crippen molar-refractivity contribution < 1.29 is 0 Å². The quantitative estimate of drug-likeness (QED) is 0.881. The van der Waals surface area contributed by atoms with E-state index < -0.39 is 0 Å². The maximum absolute atomic E-state index is 5.96. The number of hydrogen-bond donors (Lipinski definition) is 1. The predicted octanol–water partition coefficient (Wildman–Crippen LogP) is 1.97. The maximum atomic E-state index is 5.96. The molecule has 0 spiro atoms. The third-order valence-corrected chi connectivity index (χ3v) is 3.96. The van der Waals surface area contributed by atoms with Crippen LogP contribution in [0.4, 0.5) is 5.82 Å². The summed E-state index contributed by atoms with van der Waals surface area (Å²) in [5.74, 6) is 0.680. The van der Waals surface area contributed by atoms with Crippen LogP contribution in [0.1, 0.15) is 31.2 Å². The number of nitrogens with zero attached hydrogens (tertiary/aromatic N) is 3. The summed E-state index contributed by atoms with van der Waals surface area (Å²) >= 11 is 0. The molecule has 0 unspecified atom stereocenters. The van der Waals surface area contributed by atoms with Gasteiger partial charge < -0.3 is 10.6 Å². The highest BCUT2D eigenvalue weighted by molar-refractivity contribution is 5.38. The topological polar surface area (TPSA) is 45.4 Å². The predicted molar refractivity (Wildman–Crippen MR) is 79.9 cm³/mol. The zero-order valence-corrected chi connectivity index (χ0v) is 12.2. The van der Waals surface area contributed by atoms with E-state index in [1.807, 2.05) is 6.07 Å². The third-order valence-electron chi connectivity index (χ3n) is 3.96. The number of likely N-dealkylation sites (tertiary alicyclic amines) is 1. The van der Waals surface area contributed by atoms with Crippen molar-refractivity contribution in [3.05, 3.63) is 23.9 Å². The molecule has 1 fully saturated rings. The molecule has 0 aromatic carbocycles. The molecular weight excluding hydrogens is 236 g/mol. The van der Waals surface area contributed by atoms with Crippen LogP contribution in [-0.4, -0.2) is 48.0 Å². The smallest absolute Gasteiger partial charge is 0.127 e. The van der Waals surface area contributed by atoms with Crippen LogP contribution in [0.3, 0.4) is 0 Å². The number of aromatic nitrogens is 1. The molecule has 1 aromatic rings. The van der Waals surface area contributed by atoms with E-state index in [1.54, 1.807) is 6.20 Å². The molecule has 0 aliphatic carbocycles. The molecule has 1 saturated heterocycles. The Balaban J connectivity index is 1.97. The number of anilines is 1. The first kappa shape index (κ1) is 14.3. The van der Waals surface area contributed by atoms with Crippen molar-refractivity contribution in [2.24, 2.45) is 0 Å². The summed E-state index contributed by atoms with van der Waals surface area (Å²) in [4.78, 5) is 9.04. The Hall–Kier alpha value is -1.13. The number of nitrogens with two attached hydrogens (primary N) is 1. The van der Waals surface area contributed by atoms with Gasteiger partial charge in [0, 0.05) is 24.3 Å². The van der Waals surface area contributed by atoms with Crippen LogP contribution >= 0.6 is 0 Å². The second-order valence-electron chi connectivity index (χ2n) is 5.76. The zero-order valence-electron chi connectivity index (χ0n) is 12.2. The van der Waals surface area contributed by atoms with Crippen LogP contribution in [0.2, 0.25) is 0 Å². The maximum Gasteiger partial charge on any atom is 0.127 e. The Morgan fingerprint density at radius 2 is 2.26 bits per heavy atom. The van der Waals surface area contributed by atoms with E-state index in [1.165, 1.54) is 37.8 Å². The molecule has 1 aliphatic heterocycles. The first-order valence-electron chi connectivity index (χ1n) is 7.25. The average Bonchev–Trinajstić information content (AvgIpc) is 2.40. The molecule has 4 heteroatoms. The highest BCUT2D eigenvalue weighted by Crippen LogP contribution is 2.23. The molecule has 4 nitrogen and oxygen atoms in total. The van der Waals surface area contributed by atoms with Gasteiger partial charge in [-0.15, -0.1) is 0 Å². The van der Waals surface area contributed by atoms with E-state index >= 15 is 0 Å². The lowest BCUT2D eigenvalue weighted by Gasteiger charge is -2.36. The Kier molecular flexibility index (Phi) is 5.16. The Morgan fingerprint density at radius 1 is 1.42 bits per heavy atom. The summed E-state index contributed by atoms with van der Waals surface area (Å²) in [5, 5.41) is 0. The van der Waals surface area contributed by atoms with Gasteiger partial charge in [-0.05, 0) is 52.5 Å². The molecule has 1 aromatic heterocycles. The van der Waals surface area contributed by atoms with E-state index in [-0.39, 0.29) is 0 Å². The summed E-state index contributed by atoms with van der Waals surface area (Å²) in [5.41, 5.74) is 7.13. The van der Waals surface area contributed by atoms with E-state index in [4.69, 9.17) is 5.73 Å². The van der Waals surface area contributed by atoms with Crippen molar-refractivity contribution in [3.63, 3.8) is 0 Å². The van der Waals surface area contributed by atoms with Gasteiger partial charge in [-0.3, -0.25) is 4.90 Å². The van der Waals surface area contributed by atoms with Crippen LogP contribution in [0, 0.1) is 0 Å². The second-order valence-corrected chi connectivity index (χ2v) is 5.76. The lowest BCUT2D eigenvalue weighted by molar-refractivity contribution is 0.125. The van der Waals surface area contributed by atoms with E-state index in [2.05, 4.69) is 34.9 Å². The Bertz CT molecular complexity index is 391. The van der Waals surface area contributed by atoms with Gasteiger partial charge in [-0.25, -0.2) is 4.98 Å². The monoisotopic (exact) mass is 262 g/mol. The molecule has 19 heavy (non-hydrogen) atoms. The standard InChI is InChI=1S/C15H26N4/c1-18(2)11-8-14-7-3-4-10-19(14)12-13-6-5-9-17-15(13)16/h5-6,9,14H,3-4,7-8,10-12H2,1-2H3,(H2,16,17)/t14-/m0/s1. The van der Waals surface area contributed by atoms with Gasteiger partial charge in [0.05, 0.1) is 0 Å². The fourth-order valence-corrected chi connectivity index (χ4v) is 2.81. The van der Waals surface area contributed by atoms with Crippen LogP contribution in [0.25, 0.3) is 0 Å². The van der Waals surface area contributed by atoms with Gasteiger partial charge in [0.25, 0.3) is 0 Å². The normalized spacial score (nSPS) is 20.9. The fraction of sp³-hybridized carbons (Fsp3) is 0.667. The first-order chi connectivity index (χ1) is 9.16. The molecule has 0 bridgehead atoms. The Morgan fingerprint density at radius 3 is 3.00 bits per heavy atom. The highest BCUT2D eigenvalue weighted by atomic mass is 15.2. The minimum absolute atomic E-state index is 0.680. The van der Waals surface area contributed by atoms with Crippen molar-refractivity contribution in [2.75, 3.05) is 32.9 Å². The highest BCUT2D eigenvalue weighted by Gasteiger charge is 2.22. The van der Waals surface area contributed by atoms with Gasteiger partial charge in [-0.2, -0.15) is 0 Å². The SMILES string of the molecule is CN(C)CC[C@@H]1CCCCN1Cc1cccnc1N. The molecule has 1 atom stereocenters. The molecule has 106 valence electrons. The van der Waals surface area contributed by atoms with E-state index in [0.717, 1.165) is 13.1 Å². The molecule has 1 aliphatic rings. The van der Waals surface area contributed by atoms with E-state index in [9.17, 15) is 0 Å². The van der Waals surface area contributed by atoms with Crippen molar-refractivity contribution >= 4 is 5.82 Å². The van der Waals surface area contributed by atoms with Crippen molar-refractivity contribution in [1.29, 1.82) is 0 Å². The molecule has 2 N–H and O–H groups in total. The summed E-state index contributed by atoms with van der Waals surface area (Å²) < 4.78 is 0. The molecule has 2 rings (SSSR count). The van der Waals surface area contributed by atoms with E-state index in [0.29, 0.717) is 11.9 Å². The number of pyridine rings is 1. The number of nitrogen functional groups attached to an aromatic ring is 1. The van der Waals surface area contributed by atoms with Crippen molar-refractivity contribution in [2.45, 2.75) is 38.3 Å². The lowest BCUT2D eigenvalue weighted by atomic mass is 9.98. The first-order valence-corrected chi connectivity index (χ1v) is 7.25. The van der Waals surface area contributed by atoms with Gasteiger partial charge in [0.2, 0.25) is 0 Å². The third kappa shape index (κ3) is 4.18. The minimum Gasteiger partial charge on any atom is -0.383 e. The zero-order chi connectivity index (χ0) is 13.7. The van der Waals surface area contributed by atoms with Gasteiger partial charge in [0.1, 0.15) is 5.82 Å². The summed E-state index contributed by atoms with van der Waals surface area (Å²) in [6, 6.07) is 4.76. The molecule has 0 amide bonds. The van der Waals surface area contributed by atoms with Gasteiger partial charge >= 0.3 is 0 Å². The van der Waals surface area contributed by atoms with Gasteiger partial charge in [-0.1, -0.05) is 12.5 Å². The van der Waals surface area contributed by atoms with Crippen LogP contribution in [0.15, 0.2) is 18.3 Å². The summed E-state index contributed by atoms with van der Waals surface area (Å²) in [6.07, 6.45) is 6.98. The van der Waals surface area contributed by atoms with Crippen LogP contribution in [-0.2, 0) is 6.54 Å². The second kappa shape index (κ2) is 6.87. The van der Waals surface area contributed by atoms with Crippen LogP contribution < -0.4 is 5.73 Å². The number of piperidine rings is 1. The largest absolute Gasteiger partial charge is 0.383 e. The average molecular weight is 262 g/mol. The fourth-order valence-electron chi connectivity index (χ4n) is 2.81. The molecule has 2 heterocycles. The van der Waals surface area contributed by atoms with Crippen molar-refractivity contribution in [3.8, 4) is 0 Å². The summed E-state index contributed by atoms with van der Waals surface area (Å²) in [6.45, 7) is 3.29. The van der Waals surface area contributed by atoms with Gasteiger partial charge in [0.15, 0.2) is 0 Å². The number of rotatable bonds is 5. The summed E-state index contributed by atoms with van der Waals surface area (Å²) in [7, 11) is 4.29. The van der Waals surface area contributed by atoms with Crippen LogP contribution in [0.5, 0.6) is 0 Å². The minimum atomic E-state index is 0.680. The Labute approximate surface area is 116 Å². The van der Waals surface area contributed by atoms with Crippen molar-refractivity contribution in [1.82, 2.24) is 14.8 Å². The molecule has 0 radical (unpaired) electrons.